The van der Waals surface area contributed by atoms with Crippen LogP contribution in [-0.2, 0) is 23.3 Å². The molecule has 214 valence electrons. The maximum absolute atomic E-state index is 14.7. The number of aromatic nitrogens is 2. The molecule has 6 heteroatoms. The first-order valence-electron chi connectivity index (χ1n) is 14.6. The van der Waals surface area contributed by atoms with Crippen molar-refractivity contribution in [3.8, 4) is 0 Å². The Labute approximate surface area is 265 Å². The second-order valence-electron chi connectivity index (χ2n) is 11.3. The van der Waals surface area contributed by atoms with Crippen molar-refractivity contribution in [2.24, 2.45) is 0 Å². The monoisotopic (exact) mass is 611 g/mol. The van der Waals surface area contributed by atoms with E-state index in [4.69, 9.17) is 23.2 Å². The predicted octanol–water partition coefficient (Wildman–Crippen LogP) is 9.29. The Bertz CT molecular complexity index is 2100. The summed E-state index contributed by atoms with van der Waals surface area (Å²) < 4.78 is 4.43. The summed E-state index contributed by atoms with van der Waals surface area (Å²) in [4.78, 5) is 14.7. The lowest BCUT2D eigenvalue weighted by atomic mass is 9.70. The zero-order valence-electron chi connectivity index (χ0n) is 23.7. The molecule has 0 spiro atoms. The van der Waals surface area contributed by atoms with Crippen LogP contribution >= 0.6 is 23.2 Å². The van der Waals surface area contributed by atoms with Crippen LogP contribution in [0, 0.1) is 0 Å². The van der Waals surface area contributed by atoms with Gasteiger partial charge < -0.3 is 14.5 Å². The van der Waals surface area contributed by atoms with E-state index in [9.17, 15) is 4.79 Å². The molecule has 1 aliphatic heterocycles. The minimum Gasteiger partial charge on any atom is -0.343 e. The first-order valence-corrected chi connectivity index (χ1v) is 15.4. The molecular weight excluding hydrogens is 585 g/mol. The Morgan fingerprint density at radius 1 is 0.545 bits per heavy atom. The Balaban J connectivity index is 1.43. The predicted molar refractivity (Wildman–Crippen MR) is 180 cm³/mol. The van der Waals surface area contributed by atoms with Gasteiger partial charge in [0, 0.05) is 79.7 Å². The van der Waals surface area contributed by atoms with Crippen LogP contribution in [0.15, 0.2) is 134 Å². The quantitative estimate of drug-likeness (QED) is 0.200. The average Bonchev–Trinajstić information content (AvgIpc) is 3.69. The standard InChI is InChI=1S/C38H27Cl2N3O/c39-32-16-6-1-11-25(32)21-42-23-30(27-13-3-9-19-35(27)42)38(29-15-5-8-18-34(29)41-37(38)44)31-24-43(36-20-10-4-14-28(31)36)22-26-12-2-7-17-33(26)40/h1-20,23-24H,21-22H2,(H,41,44). The second kappa shape index (κ2) is 10.4. The topological polar surface area (TPSA) is 39.0 Å². The summed E-state index contributed by atoms with van der Waals surface area (Å²) in [6.45, 7) is 1.15. The zero-order valence-corrected chi connectivity index (χ0v) is 25.2. The van der Waals surface area contributed by atoms with Crippen LogP contribution in [0.2, 0.25) is 10.0 Å². The van der Waals surface area contributed by atoms with Gasteiger partial charge in [0.25, 0.3) is 0 Å². The molecule has 44 heavy (non-hydrogen) atoms. The lowest BCUT2D eigenvalue weighted by Gasteiger charge is -2.28. The van der Waals surface area contributed by atoms with E-state index < -0.39 is 5.41 Å². The van der Waals surface area contributed by atoms with Crippen LogP contribution in [-0.4, -0.2) is 15.0 Å². The minimum atomic E-state index is -1.10. The Morgan fingerprint density at radius 3 is 1.55 bits per heavy atom. The molecule has 2 aromatic heterocycles. The van der Waals surface area contributed by atoms with Gasteiger partial charge in [-0.1, -0.05) is 114 Å². The number of para-hydroxylation sites is 3. The molecule has 0 bridgehead atoms. The summed E-state index contributed by atoms with van der Waals surface area (Å²) in [5.41, 5.74) is 6.64. The molecule has 0 radical (unpaired) electrons. The molecule has 0 unspecified atom stereocenters. The van der Waals surface area contributed by atoms with Crippen LogP contribution in [0.4, 0.5) is 5.69 Å². The number of hydrogen-bond donors (Lipinski definition) is 1. The summed E-state index contributed by atoms with van der Waals surface area (Å²) in [6, 6.07) is 40.5. The summed E-state index contributed by atoms with van der Waals surface area (Å²) in [5, 5.41) is 6.73. The number of hydrogen-bond acceptors (Lipinski definition) is 1. The first kappa shape index (κ1) is 26.8. The molecule has 0 aliphatic carbocycles. The maximum atomic E-state index is 14.7. The lowest BCUT2D eigenvalue weighted by Crippen LogP contribution is -2.36. The molecule has 5 aromatic carbocycles. The SMILES string of the molecule is O=C1Nc2ccccc2C1(c1cn(Cc2ccccc2Cl)c2ccccc12)c1cn(Cc2ccccc2Cl)c2ccccc12. The Morgan fingerprint density at radius 2 is 1.00 bits per heavy atom. The molecule has 1 amide bonds. The highest BCUT2D eigenvalue weighted by molar-refractivity contribution is 6.31. The third kappa shape index (κ3) is 4.02. The van der Waals surface area contributed by atoms with E-state index in [1.807, 2.05) is 91.0 Å². The lowest BCUT2D eigenvalue weighted by molar-refractivity contribution is -0.118. The molecule has 0 fully saturated rings. The van der Waals surface area contributed by atoms with Crippen molar-refractivity contribution in [1.82, 2.24) is 9.13 Å². The van der Waals surface area contributed by atoms with Crippen molar-refractivity contribution in [3.05, 3.63) is 172 Å². The van der Waals surface area contributed by atoms with E-state index in [-0.39, 0.29) is 5.91 Å². The number of carbonyl (C=O) groups is 1. The van der Waals surface area contributed by atoms with Gasteiger partial charge in [-0.25, -0.2) is 0 Å². The van der Waals surface area contributed by atoms with E-state index >= 15 is 0 Å². The highest BCUT2D eigenvalue weighted by Gasteiger charge is 2.52. The number of benzene rings is 5. The molecule has 8 rings (SSSR count). The Hall–Kier alpha value is -4.77. The number of fused-ring (bicyclic) bond motifs is 3. The van der Waals surface area contributed by atoms with Gasteiger partial charge in [-0.15, -0.1) is 0 Å². The second-order valence-corrected chi connectivity index (χ2v) is 12.1. The average molecular weight is 613 g/mol. The highest BCUT2D eigenvalue weighted by Crippen LogP contribution is 2.52. The highest BCUT2D eigenvalue weighted by atomic mass is 35.5. The van der Waals surface area contributed by atoms with Gasteiger partial charge in [-0.2, -0.15) is 0 Å². The fourth-order valence-electron chi connectivity index (χ4n) is 6.91. The number of amides is 1. The largest absolute Gasteiger partial charge is 0.343 e. The third-order valence-electron chi connectivity index (χ3n) is 8.90. The van der Waals surface area contributed by atoms with Gasteiger partial charge >= 0.3 is 0 Å². The summed E-state index contributed by atoms with van der Waals surface area (Å²) in [6.07, 6.45) is 4.30. The molecule has 1 aliphatic rings. The van der Waals surface area contributed by atoms with Crippen LogP contribution in [0.3, 0.4) is 0 Å². The molecule has 4 nitrogen and oxygen atoms in total. The molecule has 3 heterocycles. The van der Waals surface area contributed by atoms with Crippen molar-refractivity contribution in [2.75, 3.05) is 5.32 Å². The van der Waals surface area contributed by atoms with E-state index in [1.165, 1.54) is 0 Å². The molecule has 0 saturated heterocycles. The normalized spacial score (nSPS) is 13.8. The van der Waals surface area contributed by atoms with Crippen molar-refractivity contribution in [3.63, 3.8) is 0 Å². The van der Waals surface area contributed by atoms with E-state index in [0.717, 1.165) is 55.3 Å². The fraction of sp³-hybridized carbons (Fsp3) is 0.0789. The number of nitrogens with zero attached hydrogens (tertiary/aromatic N) is 2. The number of halogens is 2. The van der Waals surface area contributed by atoms with Crippen molar-refractivity contribution >= 4 is 56.6 Å². The van der Waals surface area contributed by atoms with Gasteiger partial charge in [0.2, 0.25) is 5.91 Å². The first-order chi connectivity index (χ1) is 21.6. The number of rotatable bonds is 6. The van der Waals surface area contributed by atoms with Gasteiger partial charge in [0.1, 0.15) is 5.41 Å². The summed E-state index contributed by atoms with van der Waals surface area (Å²) >= 11 is 13.3. The minimum absolute atomic E-state index is 0.0695. The Kier molecular flexibility index (Phi) is 6.37. The van der Waals surface area contributed by atoms with Gasteiger partial charge in [-0.3, -0.25) is 4.79 Å². The molecule has 1 N–H and O–H groups in total. The molecular formula is C38H27Cl2N3O. The van der Waals surface area contributed by atoms with Gasteiger partial charge in [-0.05, 0) is 41.5 Å². The molecule has 7 aromatic rings. The van der Waals surface area contributed by atoms with Crippen LogP contribution in [0.25, 0.3) is 21.8 Å². The zero-order chi connectivity index (χ0) is 29.8. The fourth-order valence-corrected chi connectivity index (χ4v) is 7.30. The maximum Gasteiger partial charge on any atom is 0.244 e. The molecule has 0 atom stereocenters. The summed E-state index contributed by atoms with van der Waals surface area (Å²) in [5.74, 6) is -0.0695. The van der Waals surface area contributed by atoms with E-state index in [2.05, 4.69) is 57.2 Å². The third-order valence-corrected chi connectivity index (χ3v) is 9.64. The van der Waals surface area contributed by atoms with E-state index in [0.29, 0.717) is 23.1 Å². The van der Waals surface area contributed by atoms with Gasteiger partial charge in [0.15, 0.2) is 0 Å². The van der Waals surface area contributed by atoms with Crippen LogP contribution < -0.4 is 5.32 Å². The number of nitrogens with one attached hydrogen (secondary N) is 1. The molecule has 0 saturated carbocycles. The number of anilines is 1. The van der Waals surface area contributed by atoms with Crippen LogP contribution in [0.5, 0.6) is 0 Å². The van der Waals surface area contributed by atoms with Gasteiger partial charge in [0.05, 0.1) is 0 Å². The van der Waals surface area contributed by atoms with Crippen molar-refractivity contribution in [1.29, 1.82) is 0 Å². The van der Waals surface area contributed by atoms with E-state index in [1.54, 1.807) is 0 Å². The smallest absolute Gasteiger partial charge is 0.244 e. The summed E-state index contributed by atoms with van der Waals surface area (Å²) in [7, 11) is 0. The van der Waals surface area contributed by atoms with Crippen LogP contribution in [0.1, 0.15) is 27.8 Å². The van der Waals surface area contributed by atoms with Crippen molar-refractivity contribution in [2.45, 2.75) is 18.5 Å². The number of carbonyl (C=O) groups excluding carboxylic acids is 1. The van der Waals surface area contributed by atoms with Crippen molar-refractivity contribution < 1.29 is 4.79 Å².